The average Bonchev–Trinajstić information content (AvgIpc) is 2.60. The molecule has 0 saturated carbocycles. The van der Waals surface area contributed by atoms with Gasteiger partial charge in [0.15, 0.2) is 6.61 Å². The van der Waals surface area contributed by atoms with Crippen LogP contribution in [0.5, 0.6) is 5.75 Å². The van der Waals surface area contributed by atoms with E-state index in [0.29, 0.717) is 11.4 Å². The molecule has 0 fully saturated rings. The molecule has 9 heteroatoms. The smallest absolute Gasteiger partial charge is 0.338 e. The molecule has 25 heavy (non-hydrogen) atoms. The summed E-state index contributed by atoms with van der Waals surface area (Å²) in [5.41, 5.74) is 0.137. The molecule has 0 aromatic heterocycles. The quantitative estimate of drug-likeness (QED) is 0.446. The zero-order valence-corrected chi connectivity index (χ0v) is 14.6. The molecule has 0 radical (unpaired) electrons. The molecule has 0 spiro atoms. The van der Waals surface area contributed by atoms with E-state index in [9.17, 15) is 19.7 Å². The van der Waals surface area contributed by atoms with Gasteiger partial charge in [0.2, 0.25) is 0 Å². The lowest BCUT2D eigenvalue weighted by Crippen LogP contribution is -2.21. The van der Waals surface area contributed by atoms with Crippen LogP contribution in [0.15, 0.2) is 46.9 Å². The third-order valence-electron chi connectivity index (χ3n) is 3.09. The molecule has 8 nitrogen and oxygen atoms in total. The molecular weight excluding hydrogens is 396 g/mol. The van der Waals surface area contributed by atoms with Gasteiger partial charge in [0.25, 0.3) is 11.6 Å². The highest BCUT2D eigenvalue weighted by Gasteiger charge is 2.18. The summed E-state index contributed by atoms with van der Waals surface area (Å²) in [6.07, 6.45) is 0. The van der Waals surface area contributed by atoms with Crippen LogP contribution in [0.25, 0.3) is 0 Å². The third-order valence-corrected chi connectivity index (χ3v) is 3.76. The Labute approximate surface area is 151 Å². The number of ether oxygens (including phenoxy) is 2. The zero-order valence-electron chi connectivity index (χ0n) is 13.0. The number of carbonyl (C=O) groups is 2. The Morgan fingerprint density at radius 3 is 2.64 bits per heavy atom. The number of methoxy groups -OCH3 is 1. The highest BCUT2D eigenvalue weighted by Crippen LogP contribution is 2.26. The number of nitro groups is 1. The summed E-state index contributed by atoms with van der Waals surface area (Å²) in [7, 11) is 1.46. The highest BCUT2D eigenvalue weighted by atomic mass is 79.9. The maximum atomic E-state index is 11.9. The van der Waals surface area contributed by atoms with Crippen LogP contribution in [-0.2, 0) is 9.53 Å². The van der Waals surface area contributed by atoms with E-state index in [4.69, 9.17) is 9.47 Å². The van der Waals surface area contributed by atoms with Crippen molar-refractivity contribution in [1.29, 1.82) is 0 Å². The maximum Gasteiger partial charge on any atom is 0.338 e. The molecule has 1 amide bonds. The van der Waals surface area contributed by atoms with E-state index in [-0.39, 0.29) is 15.7 Å². The van der Waals surface area contributed by atoms with Gasteiger partial charge in [-0.1, -0.05) is 12.1 Å². The number of hydrogen-bond acceptors (Lipinski definition) is 6. The Morgan fingerprint density at radius 2 is 1.96 bits per heavy atom. The van der Waals surface area contributed by atoms with E-state index >= 15 is 0 Å². The van der Waals surface area contributed by atoms with Gasteiger partial charge >= 0.3 is 5.97 Å². The second kappa shape index (κ2) is 8.25. The molecule has 2 aromatic carbocycles. The standard InChI is InChI=1S/C16H13BrN2O6/c1-24-14-5-3-2-4-12(14)18-15(20)9-25-16(21)10-6-7-11(17)13(8-10)19(22)23/h2-8H,9H2,1H3,(H,18,20). The number of rotatable bonds is 6. The van der Waals surface area contributed by atoms with E-state index in [1.54, 1.807) is 24.3 Å². The van der Waals surface area contributed by atoms with Gasteiger partial charge in [-0.2, -0.15) is 0 Å². The number of esters is 1. The van der Waals surface area contributed by atoms with Crippen molar-refractivity contribution >= 4 is 39.2 Å². The van der Waals surface area contributed by atoms with Crippen LogP contribution in [0.3, 0.4) is 0 Å². The van der Waals surface area contributed by atoms with Gasteiger partial charge in [0, 0.05) is 6.07 Å². The molecule has 0 bridgehead atoms. The first-order chi connectivity index (χ1) is 11.9. The summed E-state index contributed by atoms with van der Waals surface area (Å²) < 4.78 is 10.2. The van der Waals surface area contributed by atoms with Crippen LogP contribution in [0, 0.1) is 10.1 Å². The van der Waals surface area contributed by atoms with Crippen molar-refractivity contribution in [3.05, 3.63) is 62.6 Å². The fourth-order valence-corrected chi connectivity index (χ4v) is 2.32. The molecule has 1 N–H and O–H groups in total. The lowest BCUT2D eigenvalue weighted by Gasteiger charge is -2.10. The topological polar surface area (TPSA) is 108 Å². The second-order valence-electron chi connectivity index (χ2n) is 4.75. The number of anilines is 1. The summed E-state index contributed by atoms with van der Waals surface area (Å²) in [5, 5.41) is 13.4. The van der Waals surface area contributed by atoms with Gasteiger partial charge in [0.1, 0.15) is 5.75 Å². The Hall–Kier alpha value is -2.94. The Morgan fingerprint density at radius 1 is 1.24 bits per heavy atom. The number of nitro benzene ring substituents is 1. The van der Waals surface area contributed by atoms with Gasteiger partial charge in [-0.15, -0.1) is 0 Å². The molecular formula is C16H13BrN2O6. The van der Waals surface area contributed by atoms with Crippen molar-refractivity contribution < 1.29 is 24.0 Å². The summed E-state index contributed by atoms with van der Waals surface area (Å²) in [6, 6.07) is 10.6. The van der Waals surface area contributed by atoms with Crippen LogP contribution in [0.1, 0.15) is 10.4 Å². The third kappa shape index (κ3) is 4.77. The minimum Gasteiger partial charge on any atom is -0.495 e. The summed E-state index contributed by atoms with van der Waals surface area (Å²) in [4.78, 5) is 34.1. The first kappa shape index (κ1) is 18.4. The molecule has 0 aliphatic rings. The van der Waals surface area contributed by atoms with Crippen molar-refractivity contribution in [1.82, 2.24) is 0 Å². The predicted octanol–water partition coefficient (Wildman–Crippen LogP) is 3.16. The second-order valence-corrected chi connectivity index (χ2v) is 5.60. The van der Waals surface area contributed by atoms with Crippen molar-refractivity contribution in [3.63, 3.8) is 0 Å². The molecule has 0 aliphatic carbocycles. The van der Waals surface area contributed by atoms with Crippen LogP contribution in [0.4, 0.5) is 11.4 Å². The number of nitrogens with zero attached hydrogens (tertiary/aromatic N) is 1. The molecule has 130 valence electrons. The lowest BCUT2D eigenvalue weighted by atomic mass is 10.2. The number of benzene rings is 2. The molecule has 0 atom stereocenters. The van der Waals surface area contributed by atoms with Gasteiger partial charge in [-0.05, 0) is 40.2 Å². The summed E-state index contributed by atoms with van der Waals surface area (Å²) >= 11 is 3.02. The highest BCUT2D eigenvalue weighted by molar-refractivity contribution is 9.10. The van der Waals surface area contributed by atoms with Crippen molar-refractivity contribution in [2.45, 2.75) is 0 Å². The largest absolute Gasteiger partial charge is 0.495 e. The van der Waals surface area contributed by atoms with Crippen LogP contribution < -0.4 is 10.1 Å². The van der Waals surface area contributed by atoms with Gasteiger partial charge in [0.05, 0.1) is 27.8 Å². The minimum absolute atomic E-state index is 0.0278. The van der Waals surface area contributed by atoms with E-state index in [2.05, 4.69) is 21.2 Å². The van der Waals surface area contributed by atoms with Crippen LogP contribution in [-0.4, -0.2) is 30.5 Å². The molecule has 2 rings (SSSR count). The number of amides is 1. The number of para-hydroxylation sites is 2. The fraction of sp³-hybridized carbons (Fsp3) is 0.125. The van der Waals surface area contributed by atoms with E-state index in [0.717, 1.165) is 6.07 Å². The van der Waals surface area contributed by atoms with Crippen molar-refractivity contribution in [2.75, 3.05) is 19.0 Å². The van der Waals surface area contributed by atoms with Gasteiger partial charge in [-0.3, -0.25) is 14.9 Å². The number of carbonyl (C=O) groups excluding carboxylic acids is 2. The Bertz CT molecular complexity index is 824. The van der Waals surface area contributed by atoms with Crippen molar-refractivity contribution in [3.8, 4) is 5.75 Å². The number of halogens is 1. The van der Waals surface area contributed by atoms with E-state index in [1.807, 2.05) is 0 Å². The Balaban J connectivity index is 1.99. The predicted molar refractivity (Wildman–Crippen MR) is 92.7 cm³/mol. The van der Waals surface area contributed by atoms with Crippen LogP contribution in [0.2, 0.25) is 0 Å². The van der Waals surface area contributed by atoms with Crippen molar-refractivity contribution in [2.24, 2.45) is 0 Å². The minimum atomic E-state index is -0.842. The van der Waals surface area contributed by atoms with Gasteiger partial charge < -0.3 is 14.8 Å². The first-order valence-electron chi connectivity index (χ1n) is 6.96. The molecule has 0 aliphatic heterocycles. The SMILES string of the molecule is COc1ccccc1NC(=O)COC(=O)c1ccc(Br)c([N+](=O)[O-])c1. The monoisotopic (exact) mass is 408 g/mol. The first-order valence-corrected chi connectivity index (χ1v) is 7.75. The maximum absolute atomic E-state index is 11.9. The molecule has 2 aromatic rings. The molecule has 0 heterocycles. The summed E-state index contributed by atoms with van der Waals surface area (Å²) in [6.45, 7) is -0.541. The average molecular weight is 409 g/mol. The summed E-state index contributed by atoms with van der Waals surface area (Å²) in [5.74, 6) is -0.944. The lowest BCUT2D eigenvalue weighted by molar-refractivity contribution is -0.385. The van der Waals surface area contributed by atoms with E-state index < -0.39 is 23.4 Å². The zero-order chi connectivity index (χ0) is 18.4. The number of nitrogens with one attached hydrogen (secondary N) is 1. The van der Waals surface area contributed by atoms with Gasteiger partial charge in [-0.25, -0.2) is 4.79 Å². The van der Waals surface area contributed by atoms with Crippen LogP contribution >= 0.6 is 15.9 Å². The molecule has 0 unspecified atom stereocenters. The fourth-order valence-electron chi connectivity index (χ4n) is 1.93. The molecule has 0 saturated heterocycles. The number of hydrogen-bond donors (Lipinski definition) is 1. The Kier molecular flexibility index (Phi) is 6.07. The normalized spacial score (nSPS) is 10.0. The van der Waals surface area contributed by atoms with E-state index in [1.165, 1.54) is 19.2 Å².